The van der Waals surface area contributed by atoms with Crippen molar-refractivity contribution in [1.29, 1.82) is 0 Å². The van der Waals surface area contributed by atoms with Gasteiger partial charge in [0.15, 0.2) is 0 Å². The van der Waals surface area contributed by atoms with Gasteiger partial charge >= 0.3 is 0 Å². The summed E-state index contributed by atoms with van der Waals surface area (Å²) in [5.74, 6) is 0.367. The normalized spacial score (nSPS) is 14.2. The number of anilines is 2. The van der Waals surface area contributed by atoms with E-state index in [0.717, 1.165) is 17.8 Å². The van der Waals surface area contributed by atoms with E-state index in [2.05, 4.69) is 199 Å². The zero-order chi connectivity index (χ0) is 33.3. The first-order valence-corrected chi connectivity index (χ1v) is 18.1. The Hall–Kier alpha value is -5.96. The Morgan fingerprint density at radius 1 is 0.480 bits per heavy atom. The van der Waals surface area contributed by atoms with Crippen LogP contribution in [0.1, 0.15) is 17.9 Å². The molecular weight excluding hydrogens is 623 g/mol. The van der Waals surface area contributed by atoms with Crippen LogP contribution in [-0.4, -0.2) is 0 Å². The van der Waals surface area contributed by atoms with Crippen LogP contribution in [0.15, 0.2) is 200 Å². The second-order valence-electron chi connectivity index (χ2n) is 12.9. The first-order chi connectivity index (χ1) is 24.8. The van der Waals surface area contributed by atoms with Crippen LogP contribution in [-0.2, 0) is 0 Å². The predicted molar refractivity (Wildman–Crippen MR) is 215 cm³/mol. The van der Waals surface area contributed by atoms with Crippen molar-refractivity contribution >= 4 is 42.9 Å². The Labute approximate surface area is 297 Å². The van der Waals surface area contributed by atoms with E-state index in [1.807, 2.05) is 11.3 Å². The second-order valence-corrected chi connectivity index (χ2v) is 13.9. The molecule has 0 aliphatic heterocycles. The van der Waals surface area contributed by atoms with E-state index < -0.39 is 0 Å². The van der Waals surface area contributed by atoms with Crippen LogP contribution >= 0.6 is 11.3 Å². The minimum atomic E-state index is 0.367. The standard InChI is InChI=1S/C48H35NS/c1-4-13-34(14-5-1)36-23-27-39(28-24-36)49(40-29-25-37(26-30-40)35-15-6-2-7-16-35)41-31-32-42(46(33-41)38-17-8-3-9-18-38)44-20-12-21-45-43-19-10-11-22-47(43)50-48(44)45/h1-25,27-33,37H,26H2. The van der Waals surface area contributed by atoms with E-state index in [-0.39, 0.29) is 0 Å². The van der Waals surface area contributed by atoms with E-state index in [1.54, 1.807) is 0 Å². The molecule has 0 bridgehead atoms. The highest BCUT2D eigenvalue weighted by Crippen LogP contribution is 2.45. The molecule has 8 aromatic rings. The number of thiophene rings is 1. The molecule has 2 heteroatoms. The average Bonchev–Trinajstić information content (AvgIpc) is 3.59. The lowest BCUT2D eigenvalue weighted by Gasteiger charge is -2.30. The molecule has 1 heterocycles. The molecule has 1 atom stereocenters. The maximum atomic E-state index is 2.42. The SMILES string of the molecule is C1=CC(c2ccccc2)CC=C1N(c1ccc(-c2ccccc2)cc1)c1ccc(-c2cccc3c2sc2ccccc23)c(-c2ccccc2)c1. The summed E-state index contributed by atoms with van der Waals surface area (Å²) in [6.07, 6.45) is 8.02. The van der Waals surface area contributed by atoms with Crippen LogP contribution in [0, 0.1) is 0 Å². The van der Waals surface area contributed by atoms with Gasteiger partial charge in [0.2, 0.25) is 0 Å². The Bertz CT molecular complexity index is 2490. The zero-order valence-corrected chi connectivity index (χ0v) is 28.4. The molecule has 0 N–H and O–H groups in total. The van der Waals surface area contributed by atoms with Gasteiger partial charge < -0.3 is 4.90 Å². The Morgan fingerprint density at radius 3 is 1.86 bits per heavy atom. The maximum Gasteiger partial charge on any atom is 0.0468 e. The first kappa shape index (κ1) is 30.1. The van der Waals surface area contributed by atoms with E-state index >= 15 is 0 Å². The molecule has 7 aromatic carbocycles. The van der Waals surface area contributed by atoms with Crippen LogP contribution in [0.3, 0.4) is 0 Å². The topological polar surface area (TPSA) is 3.24 Å². The van der Waals surface area contributed by atoms with Crippen molar-refractivity contribution in [2.75, 3.05) is 4.90 Å². The molecule has 9 rings (SSSR count). The fraction of sp³-hybridized carbons (Fsp3) is 0.0417. The van der Waals surface area contributed by atoms with Crippen LogP contribution in [0.4, 0.5) is 11.4 Å². The molecule has 0 saturated heterocycles. The van der Waals surface area contributed by atoms with Crippen molar-refractivity contribution in [2.45, 2.75) is 12.3 Å². The number of fused-ring (bicyclic) bond motifs is 3. The molecule has 1 aromatic heterocycles. The van der Waals surface area contributed by atoms with Gasteiger partial charge in [-0.05, 0) is 76.2 Å². The van der Waals surface area contributed by atoms with Crippen molar-refractivity contribution in [3.63, 3.8) is 0 Å². The number of allylic oxidation sites excluding steroid dienone is 3. The smallest absolute Gasteiger partial charge is 0.0468 e. The molecule has 0 saturated carbocycles. The molecule has 0 fully saturated rings. The van der Waals surface area contributed by atoms with Gasteiger partial charge in [-0.25, -0.2) is 0 Å². The van der Waals surface area contributed by atoms with E-state index in [9.17, 15) is 0 Å². The maximum absolute atomic E-state index is 2.42. The van der Waals surface area contributed by atoms with Gasteiger partial charge in [-0.2, -0.15) is 0 Å². The molecule has 0 amide bonds. The molecule has 1 aliphatic carbocycles. The number of benzene rings is 7. The minimum absolute atomic E-state index is 0.367. The van der Waals surface area contributed by atoms with Crippen molar-refractivity contribution in [1.82, 2.24) is 0 Å². The quantitative estimate of drug-likeness (QED) is 0.165. The molecule has 1 nitrogen and oxygen atoms in total. The monoisotopic (exact) mass is 657 g/mol. The lowest BCUT2D eigenvalue weighted by atomic mass is 9.90. The van der Waals surface area contributed by atoms with Crippen LogP contribution < -0.4 is 4.90 Å². The summed E-state index contributed by atoms with van der Waals surface area (Å²) in [5.41, 5.74) is 12.2. The second kappa shape index (κ2) is 13.2. The predicted octanol–water partition coefficient (Wildman–Crippen LogP) is 13.8. The minimum Gasteiger partial charge on any atom is -0.311 e. The summed E-state index contributed by atoms with van der Waals surface area (Å²) in [6.45, 7) is 0. The Balaban J connectivity index is 1.19. The van der Waals surface area contributed by atoms with Gasteiger partial charge in [-0.15, -0.1) is 11.3 Å². The Morgan fingerprint density at radius 2 is 1.12 bits per heavy atom. The van der Waals surface area contributed by atoms with Crippen LogP contribution in [0.2, 0.25) is 0 Å². The third kappa shape index (κ3) is 5.64. The third-order valence-corrected chi connectivity index (χ3v) is 11.1. The summed E-state index contributed by atoms with van der Waals surface area (Å²) in [6, 6.07) is 63.8. The summed E-state index contributed by atoms with van der Waals surface area (Å²) in [5, 5.41) is 2.64. The number of hydrogen-bond acceptors (Lipinski definition) is 2. The van der Waals surface area contributed by atoms with Crippen LogP contribution in [0.5, 0.6) is 0 Å². The highest BCUT2D eigenvalue weighted by Gasteiger charge is 2.21. The molecule has 0 radical (unpaired) electrons. The Kier molecular flexibility index (Phi) is 7.93. The lowest BCUT2D eigenvalue weighted by Crippen LogP contribution is -2.17. The van der Waals surface area contributed by atoms with Crippen LogP contribution in [0.25, 0.3) is 53.6 Å². The van der Waals surface area contributed by atoms with Crippen molar-refractivity contribution in [3.8, 4) is 33.4 Å². The van der Waals surface area contributed by atoms with Crippen molar-refractivity contribution in [3.05, 3.63) is 205 Å². The van der Waals surface area contributed by atoms with Gasteiger partial charge in [-0.1, -0.05) is 158 Å². The summed E-state index contributed by atoms with van der Waals surface area (Å²) in [4.78, 5) is 2.42. The van der Waals surface area contributed by atoms with Gasteiger partial charge in [-0.3, -0.25) is 0 Å². The first-order valence-electron chi connectivity index (χ1n) is 17.3. The van der Waals surface area contributed by atoms with Gasteiger partial charge in [0, 0.05) is 48.7 Å². The fourth-order valence-electron chi connectivity index (χ4n) is 7.33. The highest BCUT2D eigenvalue weighted by molar-refractivity contribution is 7.26. The fourth-order valence-corrected chi connectivity index (χ4v) is 8.56. The number of rotatable bonds is 7. The number of nitrogens with zero attached hydrogens (tertiary/aromatic N) is 1. The molecule has 1 unspecified atom stereocenters. The average molecular weight is 658 g/mol. The van der Waals surface area contributed by atoms with Gasteiger partial charge in [0.1, 0.15) is 0 Å². The van der Waals surface area contributed by atoms with E-state index in [4.69, 9.17) is 0 Å². The van der Waals surface area contributed by atoms with E-state index in [1.165, 1.54) is 64.8 Å². The van der Waals surface area contributed by atoms with Crippen molar-refractivity contribution < 1.29 is 0 Å². The summed E-state index contributed by atoms with van der Waals surface area (Å²) < 4.78 is 2.65. The molecule has 50 heavy (non-hydrogen) atoms. The summed E-state index contributed by atoms with van der Waals surface area (Å²) in [7, 11) is 0. The van der Waals surface area contributed by atoms with Crippen molar-refractivity contribution in [2.24, 2.45) is 0 Å². The molecule has 0 spiro atoms. The number of hydrogen-bond donors (Lipinski definition) is 0. The highest BCUT2D eigenvalue weighted by atomic mass is 32.1. The summed E-state index contributed by atoms with van der Waals surface area (Å²) >= 11 is 1.89. The largest absolute Gasteiger partial charge is 0.311 e. The molecule has 238 valence electrons. The molecule has 1 aliphatic rings. The third-order valence-electron chi connectivity index (χ3n) is 9.84. The lowest BCUT2D eigenvalue weighted by molar-refractivity contribution is 0.840. The molecular formula is C48H35NS. The van der Waals surface area contributed by atoms with Gasteiger partial charge in [0.25, 0.3) is 0 Å². The zero-order valence-electron chi connectivity index (χ0n) is 27.6. The van der Waals surface area contributed by atoms with E-state index in [0.29, 0.717) is 5.92 Å². The van der Waals surface area contributed by atoms with Gasteiger partial charge in [0.05, 0.1) is 0 Å².